The fourth-order valence-corrected chi connectivity index (χ4v) is 6.23. The largest absolute Gasteiger partial charge is 0.507 e. The number of hydrogen-bond donors (Lipinski definition) is 12. The van der Waals surface area contributed by atoms with Crippen LogP contribution in [0.1, 0.15) is 54.3 Å². The number of phenolic OH excluding ortho intramolecular Hbond substituents is 2. The lowest BCUT2D eigenvalue weighted by Crippen LogP contribution is -2.55. The maximum absolute atomic E-state index is 13.5. The second-order valence-electron chi connectivity index (χ2n) is 11.4. The summed E-state index contributed by atoms with van der Waals surface area (Å²) in [6.45, 7) is -1.71. The van der Waals surface area contributed by atoms with Crippen molar-refractivity contribution in [2.45, 2.75) is 98.4 Å². The maximum atomic E-state index is 13.5. The van der Waals surface area contributed by atoms with Gasteiger partial charge < -0.3 is 75.2 Å². The highest BCUT2D eigenvalue weighted by Gasteiger charge is 2.50. The third-order valence-electron chi connectivity index (χ3n) is 8.75. The van der Waals surface area contributed by atoms with Crippen molar-refractivity contribution in [3.63, 3.8) is 0 Å². The first kappa shape index (κ1) is 32.0. The summed E-state index contributed by atoms with van der Waals surface area (Å²) in [4.78, 5) is 13.5. The van der Waals surface area contributed by atoms with Gasteiger partial charge in [-0.05, 0) is 19.3 Å². The topological polar surface area (TPSA) is 291 Å². The number of aliphatic hydroxyl groups is 10. The van der Waals surface area contributed by atoms with Crippen LogP contribution in [0.5, 0.6) is 11.5 Å². The van der Waals surface area contributed by atoms with E-state index in [2.05, 4.69) is 0 Å². The Kier molecular flexibility index (Phi) is 9.03. The highest BCUT2D eigenvalue weighted by molar-refractivity contribution is 5.91. The van der Waals surface area contributed by atoms with Gasteiger partial charge in [-0.3, -0.25) is 4.79 Å². The zero-order valence-electron chi connectivity index (χ0n) is 22.6. The van der Waals surface area contributed by atoms with Gasteiger partial charge in [-0.25, -0.2) is 0 Å². The zero-order chi connectivity index (χ0) is 31.5. The van der Waals surface area contributed by atoms with Crippen molar-refractivity contribution in [3.05, 3.63) is 33.2 Å². The summed E-state index contributed by atoms with van der Waals surface area (Å²) in [7, 11) is 0. The molecule has 0 bridgehead atoms. The Labute approximate surface area is 242 Å². The number of rotatable bonds is 5. The predicted octanol–water partition coefficient (Wildman–Crippen LogP) is -3.78. The highest BCUT2D eigenvalue weighted by atomic mass is 16.6. The van der Waals surface area contributed by atoms with Gasteiger partial charge >= 0.3 is 0 Å². The first-order valence-electron chi connectivity index (χ1n) is 13.8. The first-order chi connectivity index (χ1) is 20.3. The molecule has 16 heteroatoms. The molecule has 0 spiro atoms. The molecule has 43 heavy (non-hydrogen) atoms. The number of benzene rings is 1. The fraction of sp³-hybridized carbons (Fsp3) is 0.667. The molecule has 1 aromatic heterocycles. The molecule has 16 nitrogen and oxygen atoms in total. The quantitative estimate of drug-likeness (QED) is 0.153. The number of aliphatic hydroxyl groups excluding tert-OH is 10. The molecule has 13 atom stereocenters. The van der Waals surface area contributed by atoms with E-state index in [0.29, 0.717) is 0 Å². The molecular formula is C27H36O16. The van der Waals surface area contributed by atoms with E-state index in [1.54, 1.807) is 0 Å². The van der Waals surface area contributed by atoms with Crippen molar-refractivity contribution >= 4 is 11.0 Å². The van der Waals surface area contributed by atoms with Crippen LogP contribution >= 0.6 is 0 Å². The van der Waals surface area contributed by atoms with Gasteiger partial charge in [0.25, 0.3) is 0 Å². The minimum atomic E-state index is -2.03. The summed E-state index contributed by atoms with van der Waals surface area (Å²) in [5.41, 5.74) is -2.72. The van der Waals surface area contributed by atoms with E-state index < -0.39 is 131 Å². The molecule has 1 saturated carbocycles. The van der Waals surface area contributed by atoms with Gasteiger partial charge in [0.05, 0.1) is 36.5 Å². The van der Waals surface area contributed by atoms with Gasteiger partial charge in [0.1, 0.15) is 83.7 Å². The Morgan fingerprint density at radius 1 is 0.674 bits per heavy atom. The highest BCUT2D eigenvalue weighted by Crippen LogP contribution is 2.51. The lowest BCUT2D eigenvalue weighted by molar-refractivity contribution is -0.234. The second-order valence-corrected chi connectivity index (χ2v) is 11.4. The van der Waals surface area contributed by atoms with Crippen molar-refractivity contribution in [3.8, 4) is 11.5 Å². The molecule has 3 heterocycles. The monoisotopic (exact) mass is 616 g/mol. The van der Waals surface area contributed by atoms with E-state index >= 15 is 0 Å². The van der Waals surface area contributed by atoms with Crippen LogP contribution in [0.2, 0.25) is 0 Å². The lowest BCUT2D eigenvalue weighted by Gasteiger charge is -2.42. The summed E-state index contributed by atoms with van der Waals surface area (Å²) < 4.78 is 17.1. The SMILES string of the molecule is O=c1cc(C2CCC(O)C(O)C2)oc2c(C3OC(CO)C(O)C(O)C3O)c(O)c(C3OC(CO)C(O)C(O)C3O)c(O)c12. The smallest absolute Gasteiger partial charge is 0.196 e. The van der Waals surface area contributed by atoms with E-state index in [1.807, 2.05) is 0 Å². The predicted molar refractivity (Wildman–Crippen MR) is 140 cm³/mol. The Bertz CT molecular complexity index is 1380. The van der Waals surface area contributed by atoms with Gasteiger partial charge in [-0.15, -0.1) is 0 Å². The summed E-state index contributed by atoms with van der Waals surface area (Å²) in [6.07, 6.45) is -19.9. The standard InChI is InChI=1S/C27H36O16/c28-5-12-17(33)21(37)23(39)26(42-12)15-19(35)14-10(32)4-11(7-1-2-8(30)9(31)3-7)41-25(14)16(20(15)36)27-24(40)22(38)18(34)13(6-29)43-27/h4,7-9,12-13,17-18,21-24,26-31,33-40H,1-3,5-6H2. The van der Waals surface area contributed by atoms with Crippen LogP contribution < -0.4 is 5.43 Å². The Hall–Kier alpha value is -2.45. The minimum absolute atomic E-state index is 0.00803. The Balaban J connectivity index is 1.76. The van der Waals surface area contributed by atoms with E-state index in [9.17, 15) is 66.1 Å². The van der Waals surface area contributed by atoms with E-state index in [4.69, 9.17) is 13.9 Å². The van der Waals surface area contributed by atoms with Crippen LogP contribution in [0.25, 0.3) is 11.0 Å². The lowest BCUT2D eigenvalue weighted by atomic mass is 9.83. The molecule has 1 aliphatic carbocycles. The molecule has 2 aliphatic heterocycles. The van der Waals surface area contributed by atoms with Crippen molar-refractivity contribution in [2.75, 3.05) is 13.2 Å². The van der Waals surface area contributed by atoms with Crippen LogP contribution in [0, 0.1) is 0 Å². The number of aromatic hydroxyl groups is 2. The van der Waals surface area contributed by atoms with Gasteiger partial charge in [0.2, 0.25) is 0 Å². The average molecular weight is 617 g/mol. The Morgan fingerprint density at radius 2 is 1.21 bits per heavy atom. The number of phenols is 2. The molecule has 13 unspecified atom stereocenters. The normalized spacial score (nSPS) is 40.6. The molecule has 1 aromatic carbocycles. The van der Waals surface area contributed by atoms with Gasteiger partial charge in [0, 0.05) is 12.0 Å². The van der Waals surface area contributed by atoms with Gasteiger partial charge in [0.15, 0.2) is 11.0 Å². The first-order valence-corrected chi connectivity index (χ1v) is 13.8. The molecule has 12 N–H and O–H groups in total. The molecule has 0 amide bonds. The summed E-state index contributed by atoms with van der Waals surface area (Å²) in [6, 6.07) is 1.02. The molecule has 240 valence electrons. The van der Waals surface area contributed by atoms with Crippen LogP contribution in [0.15, 0.2) is 15.3 Å². The maximum Gasteiger partial charge on any atom is 0.196 e. The fourth-order valence-electron chi connectivity index (χ4n) is 6.23. The summed E-state index contributed by atoms with van der Waals surface area (Å²) in [5, 5.41) is 125. The van der Waals surface area contributed by atoms with Crippen LogP contribution in [-0.2, 0) is 9.47 Å². The van der Waals surface area contributed by atoms with Crippen LogP contribution in [-0.4, -0.2) is 136 Å². The third kappa shape index (κ3) is 5.30. The van der Waals surface area contributed by atoms with E-state index in [1.165, 1.54) is 0 Å². The van der Waals surface area contributed by atoms with Crippen LogP contribution in [0.4, 0.5) is 0 Å². The van der Waals surface area contributed by atoms with E-state index in [-0.39, 0.29) is 25.0 Å². The van der Waals surface area contributed by atoms with Crippen molar-refractivity contribution in [2.24, 2.45) is 0 Å². The second kappa shape index (κ2) is 12.2. The number of hydrogen-bond acceptors (Lipinski definition) is 16. The molecule has 2 saturated heterocycles. The third-order valence-corrected chi connectivity index (χ3v) is 8.75. The number of fused-ring (bicyclic) bond motifs is 1. The molecule has 5 rings (SSSR count). The van der Waals surface area contributed by atoms with E-state index in [0.717, 1.165) is 6.07 Å². The summed E-state index contributed by atoms with van der Waals surface area (Å²) >= 11 is 0. The Morgan fingerprint density at radius 3 is 1.72 bits per heavy atom. The van der Waals surface area contributed by atoms with Gasteiger partial charge in [-0.1, -0.05) is 0 Å². The molecule has 2 aromatic rings. The van der Waals surface area contributed by atoms with Crippen molar-refractivity contribution < 1.29 is 75.2 Å². The molecule has 3 fully saturated rings. The van der Waals surface area contributed by atoms with Crippen LogP contribution in [0.3, 0.4) is 0 Å². The summed E-state index contributed by atoms with van der Waals surface area (Å²) in [5.74, 6) is -2.61. The number of ether oxygens (including phenoxy) is 2. The zero-order valence-corrected chi connectivity index (χ0v) is 22.6. The van der Waals surface area contributed by atoms with Crippen molar-refractivity contribution in [1.29, 1.82) is 0 Å². The average Bonchev–Trinajstić information content (AvgIpc) is 2.98. The van der Waals surface area contributed by atoms with Crippen molar-refractivity contribution in [1.82, 2.24) is 0 Å². The molecule has 0 radical (unpaired) electrons. The van der Waals surface area contributed by atoms with Gasteiger partial charge in [-0.2, -0.15) is 0 Å². The molecule has 3 aliphatic rings. The molecular weight excluding hydrogens is 580 g/mol. The minimum Gasteiger partial charge on any atom is -0.507 e.